The largest absolute Gasteiger partial charge is 0.573 e. The number of carbonyl (C=O) groups excluding carboxylic acids is 4. The number of nitrogens with two attached hydrogens (primary N) is 1. The van der Waals surface area contributed by atoms with E-state index >= 15 is 0 Å². The number of ketones is 1. The quantitative estimate of drug-likeness (QED) is 0.535. The van der Waals surface area contributed by atoms with Gasteiger partial charge in [0, 0.05) is 18.4 Å². The number of benzene rings is 2. The maximum atomic E-state index is 13.0. The average Bonchev–Trinajstić information content (AvgIpc) is 3.14. The van der Waals surface area contributed by atoms with Crippen LogP contribution in [-0.2, 0) is 32.1 Å². The zero-order chi connectivity index (χ0) is 24.9. The van der Waals surface area contributed by atoms with Crippen molar-refractivity contribution in [2.24, 2.45) is 5.73 Å². The van der Waals surface area contributed by atoms with Crippen LogP contribution in [0.4, 0.5) is 13.2 Å². The molecule has 2 atom stereocenters. The van der Waals surface area contributed by atoms with Crippen molar-refractivity contribution in [3.63, 3.8) is 0 Å². The molecule has 1 fully saturated rings. The number of likely N-dealkylation sites (tertiary alicyclic amines) is 1. The van der Waals surface area contributed by atoms with Crippen LogP contribution in [0, 0.1) is 0 Å². The predicted octanol–water partition coefficient (Wildman–Crippen LogP) is 1.86. The van der Waals surface area contributed by atoms with Crippen molar-refractivity contribution in [2.75, 3.05) is 0 Å². The fraction of sp³-hybridized carbons (Fsp3) is 0.304. The highest BCUT2D eigenvalue weighted by Crippen LogP contribution is 2.30. The van der Waals surface area contributed by atoms with Crippen molar-refractivity contribution in [1.82, 2.24) is 10.2 Å². The van der Waals surface area contributed by atoms with E-state index in [9.17, 15) is 32.3 Å². The van der Waals surface area contributed by atoms with Gasteiger partial charge in [0.25, 0.3) is 5.91 Å². The number of ether oxygens (including phenoxy) is 1. The molecule has 1 aliphatic heterocycles. The van der Waals surface area contributed by atoms with Crippen LogP contribution in [0.25, 0.3) is 0 Å². The summed E-state index contributed by atoms with van der Waals surface area (Å²) in [6.07, 6.45) is -4.85. The van der Waals surface area contributed by atoms with Gasteiger partial charge in [-0.05, 0) is 18.1 Å². The highest BCUT2D eigenvalue weighted by Gasteiger charge is 2.39. The van der Waals surface area contributed by atoms with Crippen molar-refractivity contribution in [3.8, 4) is 5.75 Å². The third-order valence-electron chi connectivity index (χ3n) is 5.33. The Morgan fingerprint density at radius 2 is 1.74 bits per heavy atom. The number of nitrogens with zero attached hydrogens (tertiary/aromatic N) is 1. The van der Waals surface area contributed by atoms with Gasteiger partial charge in [-0.2, -0.15) is 0 Å². The lowest BCUT2D eigenvalue weighted by molar-refractivity contribution is -0.275. The number of hydrogen-bond acceptors (Lipinski definition) is 5. The summed E-state index contributed by atoms with van der Waals surface area (Å²) >= 11 is 0. The van der Waals surface area contributed by atoms with Crippen LogP contribution in [0.3, 0.4) is 0 Å². The van der Waals surface area contributed by atoms with E-state index in [2.05, 4.69) is 10.1 Å². The number of alkyl halides is 3. The number of carbonyl (C=O) groups is 4. The summed E-state index contributed by atoms with van der Waals surface area (Å²) in [5.41, 5.74) is 5.85. The Labute approximate surface area is 192 Å². The molecule has 2 aromatic carbocycles. The maximum Gasteiger partial charge on any atom is 0.573 e. The number of Topliss-reactive ketones (excluding diaryl/α,β-unsaturated/α-hetero) is 1. The highest BCUT2D eigenvalue weighted by molar-refractivity contribution is 6.38. The van der Waals surface area contributed by atoms with E-state index in [4.69, 9.17) is 5.73 Å². The van der Waals surface area contributed by atoms with Crippen molar-refractivity contribution in [2.45, 2.75) is 44.3 Å². The molecule has 3 amide bonds. The molecule has 0 spiro atoms. The lowest BCUT2D eigenvalue weighted by Crippen LogP contribution is -2.53. The van der Waals surface area contributed by atoms with Gasteiger partial charge < -0.3 is 20.7 Å². The minimum atomic E-state index is -4.93. The summed E-state index contributed by atoms with van der Waals surface area (Å²) in [7, 11) is 0. The standard InChI is InChI=1S/C23H22F3N3O5/c24-23(25,26)34-18-9-5-4-8-15(18)13-29-17(10-11-19(29)30)22(33)28-16(20(31)21(27)32)12-14-6-2-1-3-7-14/h1-9,16-17H,10-13H2,(H2,27,32)(H,28,33)/t16?,17-/m1/s1. The number of primary amides is 1. The lowest BCUT2D eigenvalue weighted by atomic mass is 10.0. The molecule has 0 bridgehead atoms. The van der Waals surface area contributed by atoms with Gasteiger partial charge in [0.2, 0.25) is 17.6 Å². The molecule has 1 aliphatic rings. The molecule has 8 nitrogen and oxygen atoms in total. The van der Waals surface area contributed by atoms with Gasteiger partial charge in [0.1, 0.15) is 17.8 Å². The first kappa shape index (κ1) is 24.7. The number of para-hydroxylation sites is 1. The smallest absolute Gasteiger partial charge is 0.405 e. The van der Waals surface area contributed by atoms with Crippen LogP contribution in [0.2, 0.25) is 0 Å². The van der Waals surface area contributed by atoms with Crippen LogP contribution >= 0.6 is 0 Å². The topological polar surface area (TPSA) is 119 Å². The number of hydrogen-bond donors (Lipinski definition) is 2. The first-order valence-corrected chi connectivity index (χ1v) is 10.4. The molecule has 180 valence electrons. The SMILES string of the molecule is NC(=O)C(=O)C(Cc1ccccc1)NC(=O)[C@H]1CCC(=O)N1Cc1ccccc1OC(F)(F)F. The van der Waals surface area contributed by atoms with E-state index in [1.807, 2.05) is 0 Å². The molecule has 1 heterocycles. The van der Waals surface area contributed by atoms with Crippen LogP contribution < -0.4 is 15.8 Å². The molecule has 1 saturated heterocycles. The van der Waals surface area contributed by atoms with Gasteiger partial charge in [0.05, 0.1) is 6.54 Å². The zero-order valence-electron chi connectivity index (χ0n) is 17.9. The van der Waals surface area contributed by atoms with Crippen molar-refractivity contribution >= 4 is 23.5 Å². The number of amides is 3. The number of nitrogens with one attached hydrogen (secondary N) is 1. The van der Waals surface area contributed by atoms with Gasteiger partial charge >= 0.3 is 6.36 Å². The van der Waals surface area contributed by atoms with E-state index in [1.165, 1.54) is 18.2 Å². The van der Waals surface area contributed by atoms with E-state index in [1.54, 1.807) is 30.3 Å². The minimum absolute atomic E-state index is 0.00270. The van der Waals surface area contributed by atoms with Crippen LogP contribution in [0.1, 0.15) is 24.0 Å². The fourth-order valence-electron chi connectivity index (χ4n) is 3.75. The first-order valence-electron chi connectivity index (χ1n) is 10.4. The van der Waals surface area contributed by atoms with E-state index in [0.717, 1.165) is 11.0 Å². The van der Waals surface area contributed by atoms with Crippen LogP contribution in [-0.4, -0.2) is 46.9 Å². The Balaban J connectivity index is 1.78. The monoisotopic (exact) mass is 477 g/mol. The van der Waals surface area contributed by atoms with Gasteiger partial charge in [-0.3, -0.25) is 19.2 Å². The summed E-state index contributed by atoms with van der Waals surface area (Å²) in [5, 5.41) is 2.48. The molecule has 0 radical (unpaired) electrons. The molecule has 3 N–H and O–H groups in total. The normalized spacial score (nSPS) is 16.7. The second-order valence-corrected chi connectivity index (χ2v) is 7.71. The van der Waals surface area contributed by atoms with E-state index in [-0.39, 0.29) is 31.4 Å². The molecule has 0 aromatic heterocycles. The molecule has 34 heavy (non-hydrogen) atoms. The van der Waals surface area contributed by atoms with E-state index < -0.39 is 47.7 Å². The molecule has 2 aromatic rings. The zero-order valence-corrected chi connectivity index (χ0v) is 17.9. The Kier molecular flexibility index (Phi) is 7.54. The first-order chi connectivity index (χ1) is 16.0. The minimum Gasteiger partial charge on any atom is -0.405 e. The van der Waals surface area contributed by atoms with Gasteiger partial charge in [-0.1, -0.05) is 48.5 Å². The molecule has 0 aliphatic carbocycles. The molecule has 3 rings (SSSR count). The lowest BCUT2D eigenvalue weighted by Gasteiger charge is -2.27. The third kappa shape index (κ3) is 6.33. The Morgan fingerprint density at radius 3 is 2.38 bits per heavy atom. The fourth-order valence-corrected chi connectivity index (χ4v) is 3.75. The molecule has 1 unspecified atom stereocenters. The third-order valence-corrected chi connectivity index (χ3v) is 5.33. The Hall–Kier alpha value is -3.89. The van der Waals surface area contributed by atoms with Crippen molar-refractivity contribution < 1.29 is 37.1 Å². The summed E-state index contributed by atoms with van der Waals surface area (Å²) in [6, 6.07) is 11.6. The average molecular weight is 477 g/mol. The summed E-state index contributed by atoms with van der Waals surface area (Å²) in [5.74, 6) is -3.87. The number of halogens is 3. The maximum absolute atomic E-state index is 13.0. The Bertz CT molecular complexity index is 1080. The highest BCUT2D eigenvalue weighted by atomic mass is 19.4. The van der Waals surface area contributed by atoms with Gasteiger partial charge in [-0.25, -0.2) is 0 Å². The summed E-state index contributed by atoms with van der Waals surface area (Å²) in [6.45, 7) is -0.309. The second-order valence-electron chi connectivity index (χ2n) is 7.71. The molecular formula is C23H22F3N3O5. The Morgan fingerprint density at radius 1 is 1.09 bits per heavy atom. The van der Waals surface area contributed by atoms with Crippen molar-refractivity contribution in [3.05, 3.63) is 65.7 Å². The number of rotatable bonds is 9. The van der Waals surface area contributed by atoms with E-state index in [0.29, 0.717) is 5.56 Å². The summed E-state index contributed by atoms with van der Waals surface area (Å²) in [4.78, 5) is 50.4. The molecule has 0 saturated carbocycles. The summed E-state index contributed by atoms with van der Waals surface area (Å²) < 4.78 is 42.3. The van der Waals surface area contributed by atoms with Crippen molar-refractivity contribution in [1.29, 1.82) is 0 Å². The van der Waals surface area contributed by atoms with Crippen LogP contribution in [0.5, 0.6) is 5.75 Å². The molecule has 11 heteroatoms. The second kappa shape index (κ2) is 10.4. The molecular weight excluding hydrogens is 455 g/mol. The van der Waals surface area contributed by atoms with Crippen LogP contribution in [0.15, 0.2) is 54.6 Å². The van der Waals surface area contributed by atoms with Gasteiger partial charge in [-0.15, -0.1) is 13.2 Å². The van der Waals surface area contributed by atoms with Gasteiger partial charge in [0.15, 0.2) is 0 Å². The predicted molar refractivity (Wildman–Crippen MR) is 113 cm³/mol.